The normalized spacial score (nSPS) is 23.7. The zero-order chi connectivity index (χ0) is 17.1. The first kappa shape index (κ1) is 16.8. The summed E-state index contributed by atoms with van der Waals surface area (Å²) in [6.07, 6.45) is 7.76. The summed E-state index contributed by atoms with van der Waals surface area (Å²) in [5, 5.41) is 19.3. The number of aromatic nitrogens is 2. The highest BCUT2D eigenvalue weighted by atomic mass is 16.4. The smallest absolute Gasteiger partial charge is 0.319 e. The molecule has 2 saturated carbocycles. The summed E-state index contributed by atoms with van der Waals surface area (Å²) in [6.45, 7) is 2.99. The molecule has 2 aliphatic carbocycles. The van der Waals surface area contributed by atoms with Gasteiger partial charge < -0.3 is 15.7 Å². The lowest BCUT2D eigenvalue weighted by atomic mass is 9.86. The number of hydrogen-bond acceptors (Lipinski definition) is 3. The second-order valence-corrected chi connectivity index (χ2v) is 6.93. The van der Waals surface area contributed by atoms with E-state index in [-0.39, 0.29) is 18.0 Å². The van der Waals surface area contributed by atoms with Gasteiger partial charge in [-0.1, -0.05) is 6.92 Å². The van der Waals surface area contributed by atoms with Crippen molar-refractivity contribution in [3.05, 3.63) is 11.9 Å². The molecule has 2 fully saturated rings. The number of carboxylic acids is 1. The molecule has 3 rings (SSSR count). The van der Waals surface area contributed by atoms with Crippen LogP contribution in [0.4, 0.5) is 10.5 Å². The van der Waals surface area contributed by atoms with Gasteiger partial charge in [-0.25, -0.2) is 4.79 Å². The predicted molar refractivity (Wildman–Crippen MR) is 90.0 cm³/mol. The third-order valence-electron chi connectivity index (χ3n) is 4.94. The number of nitrogens with one attached hydrogen (secondary N) is 2. The molecule has 0 saturated heterocycles. The fraction of sp³-hybridized carbons (Fsp3) is 0.706. The van der Waals surface area contributed by atoms with Gasteiger partial charge in [0.1, 0.15) is 0 Å². The van der Waals surface area contributed by atoms with Gasteiger partial charge in [-0.05, 0) is 44.9 Å². The zero-order valence-electron chi connectivity index (χ0n) is 14.1. The maximum absolute atomic E-state index is 12.3. The van der Waals surface area contributed by atoms with Gasteiger partial charge in [0.25, 0.3) is 0 Å². The Balaban J connectivity index is 1.55. The summed E-state index contributed by atoms with van der Waals surface area (Å²) in [5.74, 6) is -0.476. The monoisotopic (exact) mass is 334 g/mol. The Labute approximate surface area is 141 Å². The number of aryl methyl sites for hydroxylation is 1. The Morgan fingerprint density at radius 2 is 1.96 bits per heavy atom. The molecular weight excluding hydrogens is 308 g/mol. The topological polar surface area (TPSA) is 96.3 Å². The van der Waals surface area contributed by atoms with E-state index in [2.05, 4.69) is 22.7 Å². The zero-order valence-corrected chi connectivity index (χ0v) is 14.1. The summed E-state index contributed by atoms with van der Waals surface area (Å²) in [6, 6.07) is -0.164. The van der Waals surface area contributed by atoms with Crippen molar-refractivity contribution < 1.29 is 14.7 Å². The van der Waals surface area contributed by atoms with E-state index in [9.17, 15) is 9.59 Å². The molecule has 132 valence electrons. The quantitative estimate of drug-likeness (QED) is 0.745. The number of hydrogen-bond donors (Lipinski definition) is 3. The van der Waals surface area contributed by atoms with Gasteiger partial charge in [-0.15, -0.1) is 0 Å². The molecular formula is C17H26N4O3. The van der Waals surface area contributed by atoms with Crippen LogP contribution in [-0.4, -0.2) is 32.9 Å². The number of rotatable bonds is 6. The number of anilines is 1. The van der Waals surface area contributed by atoms with E-state index in [0.29, 0.717) is 18.8 Å². The van der Waals surface area contributed by atoms with Gasteiger partial charge in [-0.3, -0.25) is 9.48 Å². The first-order valence-electron chi connectivity index (χ1n) is 8.94. The molecule has 0 spiro atoms. The summed E-state index contributed by atoms with van der Waals surface area (Å²) in [7, 11) is 0. The van der Waals surface area contributed by atoms with Crippen LogP contribution in [0.25, 0.3) is 0 Å². The van der Waals surface area contributed by atoms with Crippen molar-refractivity contribution >= 4 is 17.7 Å². The third kappa shape index (κ3) is 3.88. The summed E-state index contributed by atoms with van der Waals surface area (Å²) < 4.78 is 2.01. The number of carbonyl (C=O) groups is 2. The molecule has 1 aromatic rings. The van der Waals surface area contributed by atoms with Gasteiger partial charge in [0.2, 0.25) is 0 Å². The number of carboxylic acid groups (broad SMARTS) is 1. The van der Waals surface area contributed by atoms with Crippen LogP contribution in [0.15, 0.2) is 6.20 Å². The van der Waals surface area contributed by atoms with Crippen molar-refractivity contribution in [3.8, 4) is 0 Å². The van der Waals surface area contributed by atoms with Gasteiger partial charge >= 0.3 is 12.0 Å². The minimum Gasteiger partial charge on any atom is -0.481 e. The highest BCUT2D eigenvalue weighted by Crippen LogP contribution is 2.43. The molecule has 0 aromatic carbocycles. The minimum atomic E-state index is -0.727. The summed E-state index contributed by atoms with van der Waals surface area (Å²) in [5.41, 5.74) is 1.95. The molecule has 0 atom stereocenters. The molecule has 0 radical (unpaired) electrons. The molecule has 0 bridgehead atoms. The van der Waals surface area contributed by atoms with E-state index >= 15 is 0 Å². The lowest BCUT2D eigenvalue weighted by Crippen LogP contribution is -2.41. The van der Waals surface area contributed by atoms with Crippen molar-refractivity contribution in [3.63, 3.8) is 0 Å². The van der Waals surface area contributed by atoms with E-state index < -0.39 is 5.97 Å². The lowest BCUT2D eigenvalue weighted by Gasteiger charge is -2.26. The fourth-order valence-corrected chi connectivity index (χ4v) is 3.50. The Morgan fingerprint density at radius 1 is 1.25 bits per heavy atom. The maximum Gasteiger partial charge on any atom is 0.319 e. The van der Waals surface area contributed by atoms with Crippen LogP contribution in [0, 0.1) is 5.92 Å². The van der Waals surface area contributed by atoms with Crippen LogP contribution < -0.4 is 10.6 Å². The molecule has 7 heteroatoms. The highest BCUT2D eigenvalue weighted by Gasteiger charge is 2.31. The fourth-order valence-electron chi connectivity index (χ4n) is 3.50. The molecule has 0 aliphatic heterocycles. The van der Waals surface area contributed by atoms with Crippen LogP contribution in [0.3, 0.4) is 0 Å². The number of amides is 2. The van der Waals surface area contributed by atoms with Crippen molar-refractivity contribution in [2.24, 2.45) is 5.92 Å². The number of urea groups is 1. The van der Waals surface area contributed by atoms with Crippen LogP contribution in [-0.2, 0) is 11.3 Å². The summed E-state index contributed by atoms with van der Waals surface area (Å²) in [4.78, 5) is 23.3. The number of aliphatic carboxylic acids is 1. The second kappa shape index (κ2) is 7.23. The molecule has 2 aliphatic rings. The Bertz CT molecular complexity index is 601. The van der Waals surface area contributed by atoms with Crippen molar-refractivity contribution in [1.82, 2.24) is 15.1 Å². The summed E-state index contributed by atoms with van der Waals surface area (Å²) >= 11 is 0. The van der Waals surface area contributed by atoms with Gasteiger partial charge in [-0.2, -0.15) is 5.10 Å². The molecule has 1 aromatic heterocycles. The van der Waals surface area contributed by atoms with Crippen LogP contribution >= 0.6 is 0 Å². The first-order valence-corrected chi connectivity index (χ1v) is 8.94. The minimum absolute atomic E-state index is 0.0515. The van der Waals surface area contributed by atoms with E-state index in [4.69, 9.17) is 5.11 Å². The Kier molecular flexibility index (Phi) is 5.06. The van der Waals surface area contributed by atoms with E-state index in [1.165, 1.54) is 0 Å². The molecule has 1 heterocycles. The largest absolute Gasteiger partial charge is 0.481 e. The number of nitrogens with zero attached hydrogens (tertiary/aromatic N) is 2. The third-order valence-corrected chi connectivity index (χ3v) is 4.94. The van der Waals surface area contributed by atoms with Gasteiger partial charge in [0.15, 0.2) is 0 Å². The van der Waals surface area contributed by atoms with Crippen LogP contribution in [0.1, 0.15) is 63.5 Å². The van der Waals surface area contributed by atoms with E-state index in [0.717, 1.165) is 50.0 Å². The van der Waals surface area contributed by atoms with E-state index in [1.54, 1.807) is 6.20 Å². The molecule has 2 amide bonds. The van der Waals surface area contributed by atoms with Crippen molar-refractivity contribution in [2.75, 3.05) is 5.32 Å². The van der Waals surface area contributed by atoms with Crippen LogP contribution in [0.2, 0.25) is 0 Å². The lowest BCUT2D eigenvalue weighted by molar-refractivity contribution is -0.142. The second-order valence-electron chi connectivity index (χ2n) is 6.93. The highest BCUT2D eigenvalue weighted by molar-refractivity contribution is 5.90. The first-order chi connectivity index (χ1) is 11.6. The van der Waals surface area contributed by atoms with Gasteiger partial charge in [0.05, 0.1) is 23.5 Å². The molecule has 7 nitrogen and oxygen atoms in total. The SMILES string of the molecule is CCCn1ncc(NC(=O)NC2CCC(C(=O)O)CC2)c1C1CC1. The van der Waals surface area contributed by atoms with Crippen LogP contribution in [0.5, 0.6) is 0 Å². The van der Waals surface area contributed by atoms with Crippen molar-refractivity contribution in [1.29, 1.82) is 0 Å². The van der Waals surface area contributed by atoms with Gasteiger partial charge in [0, 0.05) is 18.5 Å². The van der Waals surface area contributed by atoms with E-state index in [1.807, 2.05) is 4.68 Å². The average Bonchev–Trinajstić information content (AvgIpc) is 3.31. The Morgan fingerprint density at radius 3 is 2.54 bits per heavy atom. The molecule has 24 heavy (non-hydrogen) atoms. The average molecular weight is 334 g/mol. The van der Waals surface area contributed by atoms with Crippen molar-refractivity contribution in [2.45, 2.75) is 70.4 Å². The molecule has 3 N–H and O–H groups in total. The molecule has 0 unspecified atom stereocenters. The maximum atomic E-state index is 12.3. The Hall–Kier alpha value is -2.05. The predicted octanol–water partition coefficient (Wildman–Crippen LogP) is 2.94. The standard InChI is InChI=1S/C17H26N4O3/c1-2-9-21-15(11-3-4-11)14(10-18-21)20-17(24)19-13-7-5-12(6-8-13)16(22)23/h10-13H,2-9H2,1H3,(H,22,23)(H2,19,20,24). The number of carbonyl (C=O) groups excluding carboxylic acids is 1.